The number of rotatable bonds is 3. The predicted molar refractivity (Wildman–Crippen MR) is 41.6 cm³/mol. The maximum atomic E-state index is 10.8. The Bertz CT molecular complexity index is 196. The molecule has 0 aliphatic carbocycles. The van der Waals surface area contributed by atoms with Crippen LogP contribution < -0.4 is 0 Å². The Morgan fingerprint density at radius 2 is 2.00 bits per heavy atom. The lowest BCUT2D eigenvalue weighted by atomic mass is 10.1. The van der Waals surface area contributed by atoms with E-state index in [9.17, 15) is 5.11 Å². The third kappa shape index (κ3) is 2.70. The molecule has 1 unspecified atom stereocenters. The van der Waals surface area contributed by atoms with E-state index in [4.69, 9.17) is 0 Å². The van der Waals surface area contributed by atoms with Crippen LogP contribution in [0.15, 0.2) is 30.3 Å². The first-order valence-electron chi connectivity index (χ1n) is 3.55. The molecule has 11 heavy (non-hydrogen) atoms. The Morgan fingerprint density at radius 1 is 1.36 bits per heavy atom. The molecule has 0 aliphatic heterocycles. The van der Waals surface area contributed by atoms with Gasteiger partial charge in [0.05, 0.1) is 0 Å². The van der Waals surface area contributed by atoms with E-state index in [0.717, 1.165) is 5.56 Å². The summed E-state index contributed by atoms with van der Waals surface area (Å²) in [7, 11) is 1.43. The fourth-order valence-electron chi connectivity index (χ4n) is 0.890. The Kier molecular flexibility index (Phi) is 3.08. The molecule has 2 nitrogen and oxygen atoms in total. The van der Waals surface area contributed by atoms with Crippen molar-refractivity contribution in [2.75, 3.05) is 7.11 Å². The second-order valence-corrected chi connectivity index (χ2v) is 2.35. The van der Waals surface area contributed by atoms with Crippen LogP contribution in [-0.2, 0) is 16.3 Å². The molecule has 0 amide bonds. The molecule has 0 saturated heterocycles. The monoisotopic (exact) mass is 151 g/mol. The van der Waals surface area contributed by atoms with Gasteiger partial charge >= 0.3 is 0 Å². The lowest BCUT2D eigenvalue weighted by molar-refractivity contribution is -0.117. The highest BCUT2D eigenvalue weighted by Gasteiger charge is 2.03. The van der Waals surface area contributed by atoms with Crippen molar-refractivity contribution in [2.45, 2.75) is 12.7 Å². The zero-order valence-electron chi connectivity index (χ0n) is 6.49. The van der Waals surface area contributed by atoms with Crippen molar-refractivity contribution < 1.29 is 9.84 Å². The first-order valence-corrected chi connectivity index (χ1v) is 3.55. The Balaban J connectivity index is 2.51. The quantitative estimate of drug-likeness (QED) is 0.604. The van der Waals surface area contributed by atoms with Crippen molar-refractivity contribution >= 4 is 0 Å². The Labute approximate surface area is 66.4 Å². The van der Waals surface area contributed by atoms with Crippen molar-refractivity contribution in [1.29, 1.82) is 0 Å². The fraction of sp³-hybridized carbons (Fsp3) is 0.333. The minimum absolute atomic E-state index is 0.442. The van der Waals surface area contributed by atoms with Crippen molar-refractivity contribution in [1.82, 2.24) is 0 Å². The maximum absolute atomic E-state index is 10.8. The van der Waals surface area contributed by atoms with Gasteiger partial charge in [0.25, 0.3) is 0 Å². The number of hydrogen-bond acceptors (Lipinski definition) is 1. The van der Waals surface area contributed by atoms with E-state index in [1.807, 2.05) is 30.3 Å². The van der Waals surface area contributed by atoms with Crippen molar-refractivity contribution in [3.8, 4) is 0 Å². The van der Waals surface area contributed by atoms with Crippen molar-refractivity contribution in [2.24, 2.45) is 0 Å². The second kappa shape index (κ2) is 4.11. The normalized spacial score (nSPS) is 12.9. The molecular weight excluding hydrogens is 140 g/mol. The Hall–Kier alpha value is -0.860. The summed E-state index contributed by atoms with van der Waals surface area (Å²) in [6.45, 7) is 0. The summed E-state index contributed by atoms with van der Waals surface area (Å²) in [5, 5.41) is 10.8. The number of hydrogen-bond donors (Lipinski definition) is 0. The summed E-state index contributed by atoms with van der Waals surface area (Å²) in [5.41, 5.74) is 1.02. The van der Waals surface area contributed by atoms with E-state index >= 15 is 0 Å². The average Bonchev–Trinajstić information content (AvgIpc) is 2.06. The minimum atomic E-state index is -0.933. The molecule has 0 heterocycles. The van der Waals surface area contributed by atoms with Crippen LogP contribution in [-0.4, -0.2) is 13.4 Å². The average molecular weight is 151 g/mol. The SMILES string of the molecule is COC([O])Cc1ccccc1. The molecular formula is C9H11O2. The third-order valence-corrected chi connectivity index (χ3v) is 1.51. The van der Waals surface area contributed by atoms with E-state index < -0.39 is 6.29 Å². The highest BCUT2D eigenvalue weighted by molar-refractivity contribution is 5.14. The summed E-state index contributed by atoms with van der Waals surface area (Å²) >= 11 is 0. The maximum Gasteiger partial charge on any atom is 0.195 e. The topological polar surface area (TPSA) is 29.1 Å². The van der Waals surface area contributed by atoms with Crippen LogP contribution in [0.2, 0.25) is 0 Å². The minimum Gasteiger partial charge on any atom is -0.353 e. The van der Waals surface area contributed by atoms with E-state index in [-0.39, 0.29) is 0 Å². The second-order valence-electron chi connectivity index (χ2n) is 2.35. The van der Waals surface area contributed by atoms with Gasteiger partial charge in [-0.1, -0.05) is 30.3 Å². The molecule has 0 bridgehead atoms. The molecule has 1 rings (SSSR count). The van der Waals surface area contributed by atoms with Crippen LogP contribution in [0.5, 0.6) is 0 Å². The molecule has 2 heteroatoms. The van der Waals surface area contributed by atoms with Gasteiger partial charge in [0, 0.05) is 13.5 Å². The lowest BCUT2D eigenvalue weighted by Gasteiger charge is -2.04. The van der Waals surface area contributed by atoms with Crippen LogP contribution in [0.25, 0.3) is 0 Å². The van der Waals surface area contributed by atoms with Gasteiger partial charge in [-0.25, -0.2) is 5.11 Å². The number of ether oxygens (including phenoxy) is 1. The van der Waals surface area contributed by atoms with E-state index in [2.05, 4.69) is 4.74 Å². The van der Waals surface area contributed by atoms with E-state index in [1.165, 1.54) is 7.11 Å². The molecule has 0 spiro atoms. The summed E-state index contributed by atoms with van der Waals surface area (Å²) < 4.78 is 4.60. The highest BCUT2D eigenvalue weighted by atomic mass is 16.6. The molecule has 0 N–H and O–H groups in total. The van der Waals surface area contributed by atoms with Crippen LogP contribution in [0.4, 0.5) is 0 Å². The zero-order chi connectivity index (χ0) is 8.10. The molecule has 1 atom stereocenters. The fourth-order valence-corrected chi connectivity index (χ4v) is 0.890. The van der Waals surface area contributed by atoms with Crippen LogP contribution in [0, 0.1) is 0 Å². The van der Waals surface area contributed by atoms with Gasteiger partial charge in [0.15, 0.2) is 6.29 Å². The predicted octanol–water partition coefficient (Wildman–Crippen LogP) is 1.63. The van der Waals surface area contributed by atoms with Gasteiger partial charge in [0.2, 0.25) is 0 Å². The van der Waals surface area contributed by atoms with Crippen LogP contribution in [0.3, 0.4) is 0 Å². The van der Waals surface area contributed by atoms with Gasteiger partial charge in [0.1, 0.15) is 0 Å². The van der Waals surface area contributed by atoms with Crippen LogP contribution >= 0.6 is 0 Å². The highest BCUT2D eigenvalue weighted by Crippen LogP contribution is 2.02. The molecule has 1 radical (unpaired) electrons. The molecule has 1 aromatic carbocycles. The zero-order valence-corrected chi connectivity index (χ0v) is 6.49. The van der Waals surface area contributed by atoms with Gasteiger partial charge < -0.3 is 4.74 Å². The van der Waals surface area contributed by atoms with Crippen LogP contribution in [0.1, 0.15) is 5.56 Å². The Morgan fingerprint density at radius 3 is 2.55 bits per heavy atom. The molecule has 0 fully saturated rings. The summed E-state index contributed by atoms with van der Waals surface area (Å²) in [4.78, 5) is 0. The van der Waals surface area contributed by atoms with Crippen molar-refractivity contribution in [3.05, 3.63) is 35.9 Å². The standard InChI is InChI=1S/C9H11O2/c1-11-9(10)7-8-5-3-2-4-6-8/h2-6,9H,7H2,1H3. The van der Waals surface area contributed by atoms with E-state index in [1.54, 1.807) is 0 Å². The molecule has 1 aromatic rings. The molecule has 0 aromatic heterocycles. The van der Waals surface area contributed by atoms with Crippen molar-refractivity contribution in [3.63, 3.8) is 0 Å². The first kappa shape index (κ1) is 8.24. The number of methoxy groups -OCH3 is 1. The molecule has 0 aliphatic rings. The van der Waals surface area contributed by atoms with Gasteiger partial charge in [-0.3, -0.25) is 0 Å². The molecule has 59 valence electrons. The largest absolute Gasteiger partial charge is 0.353 e. The summed E-state index contributed by atoms with van der Waals surface area (Å²) in [5.74, 6) is 0. The third-order valence-electron chi connectivity index (χ3n) is 1.51. The lowest BCUT2D eigenvalue weighted by Crippen LogP contribution is -2.10. The summed E-state index contributed by atoms with van der Waals surface area (Å²) in [6, 6.07) is 9.60. The first-order chi connectivity index (χ1) is 5.33. The van der Waals surface area contributed by atoms with Gasteiger partial charge in [-0.15, -0.1) is 0 Å². The summed E-state index contributed by atoms with van der Waals surface area (Å²) in [6.07, 6.45) is -0.491. The van der Waals surface area contributed by atoms with Gasteiger partial charge in [-0.2, -0.15) is 0 Å². The number of benzene rings is 1. The van der Waals surface area contributed by atoms with Gasteiger partial charge in [-0.05, 0) is 5.56 Å². The smallest absolute Gasteiger partial charge is 0.195 e. The molecule has 0 saturated carbocycles. The van der Waals surface area contributed by atoms with E-state index in [0.29, 0.717) is 6.42 Å².